The minimum absolute atomic E-state index is 0. The molecule has 1 heterocycles. The number of rotatable bonds is 0. The fourth-order valence-corrected chi connectivity index (χ4v) is 1.77. The third-order valence-electron chi connectivity index (χ3n) is 2.07. The van der Waals surface area contributed by atoms with Crippen molar-refractivity contribution in [3.63, 3.8) is 0 Å². The largest absolute Gasteiger partial charge is 1.00 e. The number of aromatic nitrogens is 2. The molecule has 64 valence electrons. The molecule has 0 atom stereocenters. The molecule has 0 aromatic carbocycles. The zero-order chi connectivity index (χ0) is 8.55. The summed E-state index contributed by atoms with van der Waals surface area (Å²) in [6, 6.07) is 0. The Morgan fingerprint density at radius 2 is 1.14 bits per heavy atom. The Kier molecular flexibility index (Phi) is 6.65. The maximum Gasteiger partial charge on any atom is 1.00 e. The van der Waals surface area contributed by atoms with Gasteiger partial charge in [0.05, 0.1) is 11.4 Å². The molecule has 0 amide bonds. The van der Waals surface area contributed by atoms with Crippen LogP contribution in [0.15, 0.2) is 10.1 Å². The Morgan fingerprint density at radius 1 is 0.786 bits per heavy atom. The molecule has 0 N–H and O–H groups in total. The molecule has 0 saturated carbocycles. The average Bonchev–Trinajstić information content (AvgIpc) is 2.07. The second-order valence-corrected chi connectivity index (χ2v) is 3.71. The van der Waals surface area contributed by atoms with Gasteiger partial charge in [-0.3, -0.25) is 9.97 Å². The van der Waals surface area contributed by atoms with E-state index in [2.05, 4.69) is 9.97 Å². The first-order chi connectivity index (χ1) is 5.77. The second-order valence-electron chi connectivity index (χ2n) is 2.93. The molecule has 0 unspecified atom stereocenters. The van der Waals surface area contributed by atoms with Gasteiger partial charge in [-0.1, -0.05) is 10.1 Å². The third-order valence-corrected chi connectivity index (χ3v) is 2.76. The molecular formula is C8H8Li2N2S2. The standard InChI is InChI=1S/C8H10N2S2.2Li/c11-7-8(12)10-6-4-2-1-3-5(6)9-7;;/h1-4H2,(H,9,11)(H,10,12);;/q;2*+1/p-2. The van der Waals surface area contributed by atoms with Gasteiger partial charge in [0.15, 0.2) is 0 Å². The van der Waals surface area contributed by atoms with E-state index < -0.39 is 0 Å². The first kappa shape index (κ1) is 14.7. The van der Waals surface area contributed by atoms with E-state index in [0.29, 0.717) is 10.1 Å². The summed E-state index contributed by atoms with van der Waals surface area (Å²) in [6.07, 6.45) is 4.43. The van der Waals surface area contributed by atoms with Crippen LogP contribution in [0.4, 0.5) is 0 Å². The molecule has 0 fully saturated rings. The Hall–Kier alpha value is 0.715. The first-order valence-corrected chi connectivity index (χ1v) is 4.83. The van der Waals surface area contributed by atoms with Gasteiger partial charge in [0.2, 0.25) is 0 Å². The van der Waals surface area contributed by atoms with Crippen LogP contribution in [0.3, 0.4) is 0 Å². The van der Waals surface area contributed by atoms with Gasteiger partial charge >= 0.3 is 37.7 Å². The van der Waals surface area contributed by atoms with Gasteiger partial charge in [-0.25, -0.2) is 0 Å². The molecule has 1 aromatic rings. The molecule has 1 aliphatic rings. The van der Waals surface area contributed by atoms with Gasteiger partial charge in [-0.15, -0.1) is 0 Å². The number of aryl methyl sites for hydroxylation is 2. The summed E-state index contributed by atoms with van der Waals surface area (Å²) in [4.78, 5) is 8.52. The van der Waals surface area contributed by atoms with E-state index in [1.54, 1.807) is 0 Å². The van der Waals surface area contributed by atoms with E-state index >= 15 is 0 Å². The van der Waals surface area contributed by atoms with Crippen molar-refractivity contribution in [3.8, 4) is 0 Å². The first-order valence-electron chi connectivity index (χ1n) is 4.01. The number of hydrogen-bond acceptors (Lipinski definition) is 4. The molecule has 6 heteroatoms. The normalized spacial score (nSPS) is 13.4. The van der Waals surface area contributed by atoms with Crippen LogP contribution >= 0.6 is 0 Å². The summed E-state index contributed by atoms with van der Waals surface area (Å²) in [6.45, 7) is 0. The number of nitrogens with zero attached hydrogens (tertiary/aromatic N) is 2. The van der Waals surface area contributed by atoms with E-state index in [-0.39, 0.29) is 37.7 Å². The van der Waals surface area contributed by atoms with Crippen molar-refractivity contribution in [1.82, 2.24) is 9.97 Å². The number of fused-ring (bicyclic) bond motifs is 1. The molecule has 2 nitrogen and oxygen atoms in total. The zero-order valence-electron chi connectivity index (χ0n) is 8.54. The fourth-order valence-electron chi connectivity index (χ4n) is 1.46. The van der Waals surface area contributed by atoms with Crippen molar-refractivity contribution in [1.29, 1.82) is 0 Å². The molecule has 0 spiro atoms. The Bertz CT molecular complexity index is 289. The Balaban J connectivity index is 0.000000845. The van der Waals surface area contributed by atoms with Gasteiger partial charge in [0.25, 0.3) is 0 Å². The van der Waals surface area contributed by atoms with Crippen LogP contribution in [0, 0.1) is 0 Å². The monoisotopic (exact) mass is 210 g/mol. The molecule has 0 aliphatic heterocycles. The van der Waals surface area contributed by atoms with Crippen molar-refractivity contribution in [2.45, 2.75) is 35.7 Å². The molecule has 2 rings (SSSR count). The van der Waals surface area contributed by atoms with Crippen LogP contribution in [-0.2, 0) is 38.1 Å². The van der Waals surface area contributed by atoms with Crippen molar-refractivity contribution < 1.29 is 37.7 Å². The Labute approximate surface area is 119 Å². The van der Waals surface area contributed by atoms with E-state index in [0.717, 1.165) is 24.2 Å². The summed E-state index contributed by atoms with van der Waals surface area (Å²) in [5.41, 5.74) is 2.14. The molecule has 0 radical (unpaired) electrons. The Morgan fingerprint density at radius 3 is 1.50 bits per heavy atom. The predicted octanol–water partition coefficient (Wildman–Crippen LogP) is -4.82. The van der Waals surface area contributed by atoms with E-state index in [9.17, 15) is 0 Å². The summed E-state index contributed by atoms with van der Waals surface area (Å²) in [7, 11) is 0. The topological polar surface area (TPSA) is 25.8 Å². The maximum atomic E-state index is 4.96. The van der Waals surface area contributed by atoms with Crippen LogP contribution in [-0.4, -0.2) is 9.97 Å². The zero-order valence-corrected chi connectivity index (χ0v) is 10.2. The van der Waals surface area contributed by atoms with Crippen LogP contribution < -0.4 is 37.7 Å². The van der Waals surface area contributed by atoms with Gasteiger partial charge in [0.1, 0.15) is 0 Å². The minimum atomic E-state index is 0. The second kappa shape index (κ2) is 6.33. The third kappa shape index (κ3) is 3.10. The van der Waals surface area contributed by atoms with Crippen LogP contribution in [0.25, 0.3) is 0 Å². The maximum absolute atomic E-state index is 4.96. The fraction of sp³-hybridized carbons (Fsp3) is 0.500. The predicted molar refractivity (Wildman–Crippen MR) is 49.9 cm³/mol. The van der Waals surface area contributed by atoms with E-state index in [1.165, 1.54) is 12.8 Å². The smallest absolute Gasteiger partial charge is 0.760 e. The van der Waals surface area contributed by atoms with Crippen LogP contribution in [0.1, 0.15) is 24.2 Å². The van der Waals surface area contributed by atoms with Crippen molar-refractivity contribution in [2.75, 3.05) is 0 Å². The van der Waals surface area contributed by atoms with Crippen LogP contribution in [0.2, 0.25) is 0 Å². The van der Waals surface area contributed by atoms with Crippen molar-refractivity contribution in [2.24, 2.45) is 0 Å². The molecule has 1 aliphatic carbocycles. The number of hydrogen-bond donors (Lipinski definition) is 0. The summed E-state index contributed by atoms with van der Waals surface area (Å²) in [5.74, 6) is 0. The molecular weight excluding hydrogens is 202 g/mol. The average molecular weight is 210 g/mol. The van der Waals surface area contributed by atoms with Crippen LogP contribution in [0.5, 0.6) is 0 Å². The quantitative estimate of drug-likeness (QED) is 0.317. The van der Waals surface area contributed by atoms with Gasteiger partial charge in [0, 0.05) is 0 Å². The van der Waals surface area contributed by atoms with Gasteiger partial charge in [-0.05, 0) is 25.7 Å². The molecule has 14 heavy (non-hydrogen) atoms. The van der Waals surface area contributed by atoms with Gasteiger partial charge < -0.3 is 25.3 Å². The summed E-state index contributed by atoms with van der Waals surface area (Å²) in [5, 5.41) is 0.983. The summed E-state index contributed by atoms with van der Waals surface area (Å²) >= 11 is 9.92. The molecule has 0 bridgehead atoms. The van der Waals surface area contributed by atoms with Gasteiger partial charge in [-0.2, -0.15) is 0 Å². The molecule has 0 saturated heterocycles. The van der Waals surface area contributed by atoms with E-state index in [1.807, 2.05) is 0 Å². The molecule has 1 aromatic heterocycles. The SMILES string of the molecule is [Li+].[Li+].[S-]c1nc2c(nc1[S-])CCCC2. The van der Waals surface area contributed by atoms with E-state index in [4.69, 9.17) is 25.3 Å². The minimum Gasteiger partial charge on any atom is -0.760 e. The van der Waals surface area contributed by atoms with Crippen molar-refractivity contribution >= 4 is 25.3 Å². The van der Waals surface area contributed by atoms with Crippen molar-refractivity contribution in [3.05, 3.63) is 11.4 Å². The summed E-state index contributed by atoms with van der Waals surface area (Å²) < 4.78 is 0.